The number of nitro groups is 1. The molecule has 0 spiro atoms. The van der Waals surface area contributed by atoms with Crippen molar-refractivity contribution < 1.29 is 14.8 Å². The van der Waals surface area contributed by atoms with Crippen LogP contribution in [0, 0.1) is 23.0 Å². The van der Waals surface area contributed by atoms with Crippen LogP contribution in [0.15, 0.2) is 0 Å². The molecule has 1 fully saturated rings. The van der Waals surface area contributed by atoms with Gasteiger partial charge in [-0.25, -0.2) is 4.68 Å². The summed E-state index contributed by atoms with van der Waals surface area (Å²) in [5, 5.41) is 27.6. The molecule has 1 aliphatic rings. The molecule has 1 heterocycles. The summed E-state index contributed by atoms with van der Waals surface area (Å²) >= 11 is 0. The molecule has 1 saturated carbocycles. The number of hydrogen-bond acceptors (Lipinski definition) is 5. The van der Waals surface area contributed by atoms with Crippen molar-refractivity contribution in [2.24, 2.45) is 5.92 Å². The van der Waals surface area contributed by atoms with E-state index in [0.717, 1.165) is 12.8 Å². The molecule has 1 aliphatic carbocycles. The maximum atomic E-state index is 11.2. The highest BCUT2D eigenvalue weighted by molar-refractivity contribution is 5.70. The summed E-state index contributed by atoms with van der Waals surface area (Å²) in [6.45, 7) is 3.99. The smallest absolute Gasteiger partial charge is 0.333 e. The first-order chi connectivity index (χ1) is 9.93. The van der Waals surface area contributed by atoms with Crippen molar-refractivity contribution in [3.05, 3.63) is 15.8 Å². The van der Waals surface area contributed by atoms with Crippen LogP contribution >= 0.6 is 0 Å². The fraction of sp³-hybridized carbons (Fsp3) is 0.692. The Kier molecular flexibility index (Phi) is 4.44. The van der Waals surface area contributed by atoms with Gasteiger partial charge >= 0.3 is 11.7 Å². The Balaban J connectivity index is 2.22. The first-order valence-electron chi connectivity index (χ1n) is 7.15. The summed E-state index contributed by atoms with van der Waals surface area (Å²) in [5.41, 5.74) is 0.351. The van der Waals surface area contributed by atoms with Gasteiger partial charge in [0.2, 0.25) is 5.82 Å². The summed E-state index contributed by atoms with van der Waals surface area (Å²) in [5.74, 6) is -0.790. The zero-order valence-corrected chi connectivity index (χ0v) is 12.2. The molecule has 1 aromatic heterocycles. The lowest BCUT2D eigenvalue weighted by Crippen LogP contribution is -2.31. The minimum atomic E-state index is -0.795. The molecular weight excluding hydrogens is 276 g/mol. The van der Waals surface area contributed by atoms with Crippen LogP contribution in [-0.2, 0) is 11.3 Å². The number of carboxylic acids is 1. The molecule has 2 atom stereocenters. The van der Waals surface area contributed by atoms with Gasteiger partial charge in [-0.15, -0.1) is 0 Å². The van der Waals surface area contributed by atoms with Crippen molar-refractivity contribution in [1.82, 2.24) is 9.78 Å². The molecule has 0 aliphatic heterocycles. The second-order valence-corrected chi connectivity index (χ2v) is 5.40. The second-order valence-electron chi connectivity index (χ2n) is 5.40. The SMILES string of the molecule is CCn1nc(C)c([N+](=O)[O-])c1NC1CCCC(C(=O)O)C1. The molecule has 2 unspecified atom stereocenters. The molecule has 21 heavy (non-hydrogen) atoms. The molecule has 0 bridgehead atoms. The lowest BCUT2D eigenvalue weighted by molar-refractivity contribution is -0.384. The first kappa shape index (κ1) is 15.3. The molecule has 2 N–H and O–H groups in total. The Morgan fingerprint density at radius 1 is 1.57 bits per heavy atom. The van der Waals surface area contributed by atoms with Crippen LogP contribution in [0.5, 0.6) is 0 Å². The average molecular weight is 296 g/mol. The van der Waals surface area contributed by atoms with E-state index in [0.29, 0.717) is 30.9 Å². The van der Waals surface area contributed by atoms with Gasteiger partial charge in [-0.1, -0.05) is 6.42 Å². The van der Waals surface area contributed by atoms with E-state index >= 15 is 0 Å². The Bertz CT molecular complexity index is 555. The van der Waals surface area contributed by atoms with Crippen LogP contribution in [0.25, 0.3) is 0 Å². The van der Waals surface area contributed by atoms with Crippen LogP contribution in [0.4, 0.5) is 11.5 Å². The van der Waals surface area contributed by atoms with E-state index in [1.165, 1.54) is 0 Å². The number of hydrogen-bond donors (Lipinski definition) is 2. The number of carboxylic acid groups (broad SMARTS) is 1. The van der Waals surface area contributed by atoms with Gasteiger partial charge in [0.25, 0.3) is 0 Å². The number of nitrogens with zero attached hydrogens (tertiary/aromatic N) is 3. The maximum absolute atomic E-state index is 11.2. The second kappa shape index (κ2) is 6.11. The summed E-state index contributed by atoms with van der Waals surface area (Å²) in [6.07, 6.45) is 2.78. The molecule has 8 heteroatoms. The normalized spacial score (nSPS) is 22.0. The first-order valence-corrected chi connectivity index (χ1v) is 7.15. The van der Waals surface area contributed by atoms with E-state index in [2.05, 4.69) is 10.4 Å². The molecule has 0 amide bonds. The third-order valence-electron chi connectivity index (χ3n) is 3.94. The standard InChI is InChI=1S/C13H20N4O4/c1-3-16-12(11(17(20)21)8(2)15-16)14-10-6-4-5-9(7-10)13(18)19/h9-10,14H,3-7H2,1-2H3,(H,18,19). The Morgan fingerprint density at radius 2 is 2.29 bits per heavy atom. The Morgan fingerprint density at radius 3 is 2.86 bits per heavy atom. The van der Waals surface area contributed by atoms with Crippen LogP contribution in [-0.4, -0.2) is 31.8 Å². The van der Waals surface area contributed by atoms with Gasteiger partial charge in [-0.3, -0.25) is 14.9 Å². The van der Waals surface area contributed by atoms with Crippen molar-refractivity contribution >= 4 is 17.5 Å². The summed E-state index contributed by atoms with van der Waals surface area (Å²) < 4.78 is 1.57. The fourth-order valence-corrected chi connectivity index (χ4v) is 2.90. The lowest BCUT2D eigenvalue weighted by atomic mass is 9.86. The number of carbonyl (C=O) groups is 1. The largest absolute Gasteiger partial charge is 0.481 e. The van der Waals surface area contributed by atoms with Crippen molar-refractivity contribution in [1.29, 1.82) is 0 Å². The van der Waals surface area contributed by atoms with Gasteiger partial charge < -0.3 is 10.4 Å². The van der Waals surface area contributed by atoms with E-state index in [1.807, 2.05) is 6.92 Å². The zero-order valence-electron chi connectivity index (χ0n) is 12.2. The van der Waals surface area contributed by atoms with Gasteiger partial charge in [0.05, 0.1) is 10.8 Å². The summed E-state index contributed by atoms with van der Waals surface area (Å²) in [4.78, 5) is 21.9. The molecular formula is C13H20N4O4. The summed E-state index contributed by atoms with van der Waals surface area (Å²) in [7, 11) is 0. The molecule has 116 valence electrons. The number of aliphatic carboxylic acids is 1. The third-order valence-corrected chi connectivity index (χ3v) is 3.94. The fourth-order valence-electron chi connectivity index (χ4n) is 2.90. The highest BCUT2D eigenvalue weighted by atomic mass is 16.6. The number of aromatic nitrogens is 2. The number of rotatable bonds is 5. The van der Waals surface area contributed by atoms with E-state index in [9.17, 15) is 14.9 Å². The predicted molar refractivity (Wildman–Crippen MR) is 76.3 cm³/mol. The topological polar surface area (TPSA) is 110 Å². The molecule has 1 aromatic rings. The van der Waals surface area contributed by atoms with Crippen LogP contribution in [0.3, 0.4) is 0 Å². The maximum Gasteiger partial charge on any atom is 0.333 e. The minimum absolute atomic E-state index is 0.0192. The number of nitrogens with one attached hydrogen (secondary N) is 1. The predicted octanol–water partition coefficient (Wildman–Crippen LogP) is 2.17. The summed E-state index contributed by atoms with van der Waals surface area (Å²) in [6, 6.07) is -0.0695. The number of anilines is 1. The molecule has 0 radical (unpaired) electrons. The third kappa shape index (κ3) is 3.14. The van der Waals surface area contributed by atoms with Gasteiger partial charge in [-0.05, 0) is 33.1 Å². The molecule has 2 rings (SSSR count). The molecule has 0 aromatic carbocycles. The Labute approximate surface area is 122 Å². The van der Waals surface area contributed by atoms with Crippen molar-refractivity contribution in [2.45, 2.75) is 52.1 Å². The van der Waals surface area contributed by atoms with Crippen molar-refractivity contribution in [3.8, 4) is 0 Å². The van der Waals surface area contributed by atoms with Crippen molar-refractivity contribution in [2.75, 3.05) is 5.32 Å². The van der Waals surface area contributed by atoms with Gasteiger partial charge in [0, 0.05) is 12.6 Å². The zero-order chi connectivity index (χ0) is 15.6. The van der Waals surface area contributed by atoms with Crippen LogP contribution in [0.2, 0.25) is 0 Å². The van der Waals surface area contributed by atoms with Gasteiger partial charge in [0.15, 0.2) is 0 Å². The Hall–Kier alpha value is -2.12. The van der Waals surface area contributed by atoms with Crippen LogP contribution in [0.1, 0.15) is 38.3 Å². The van der Waals surface area contributed by atoms with E-state index < -0.39 is 10.9 Å². The van der Waals surface area contributed by atoms with E-state index in [1.54, 1.807) is 11.6 Å². The number of aryl methyl sites for hydroxylation is 2. The van der Waals surface area contributed by atoms with E-state index in [-0.39, 0.29) is 17.6 Å². The van der Waals surface area contributed by atoms with Gasteiger partial charge in [0.1, 0.15) is 5.69 Å². The van der Waals surface area contributed by atoms with E-state index in [4.69, 9.17) is 5.11 Å². The van der Waals surface area contributed by atoms with Gasteiger partial charge in [-0.2, -0.15) is 5.10 Å². The average Bonchev–Trinajstić information content (AvgIpc) is 2.75. The van der Waals surface area contributed by atoms with Crippen molar-refractivity contribution in [3.63, 3.8) is 0 Å². The van der Waals surface area contributed by atoms with Crippen LogP contribution < -0.4 is 5.32 Å². The molecule has 0 saturated heterocycles. The quantitative estimate of drug-likeness (QED) is 0.636. The lowest BCUT2D eigenvalue weighted by Gasteiger charge is -2.27. The molecule has 8 nitrogen and oxygen atoms in total. The highest BCUT2D eigenvalue weighted by Crippen LogP contribution is 2.32. The minimum Gasteiger partial charge on any atom is -0.481 e. The highest BCUT2D eigenvalue weighted by Gasteiger charge is 2.31. The monoisotopic (exact) mass is 296 g/mol.